The number of imidazole rings is 3. The number of hydrogen-bond donors (Lipinski definition) is 4. The van der Waals surface area contributed by atoms with Crippen LogP contribution in [0, 0.1) is 35.0 Å². The van der Waals surface area contributed by atoms with Gasteiger partial charge >= 0.3 is 24.1 Å². The Kier molecular flexibility index (Phi) is 26.8. The van der Waals surface area contributed by atoms with E-state index in [2.05, 4.69) is 235 Å². The number of nitrogens with zero attached hydrogens (tertiary/aromatic N) is 26. The van der Waals surface area contributed by atoms with Crippen LogP contribution in [0.3, 0.4) is 0 Å². The van der Waals surface area contributed by atoms with Gasteiger partial charge in [-0.1, -0.05) is 117 Å². The zero-order chi connectivity index (χ0) is 95.2. The maximum absolute atomic E-state index is 12.9. The summed E-state index contributed by atoms with van der Waals surface area (Å²) in [5.41, 5.74) is 10.3. The fourth-order valence-corrected chi connectivity index (χ4v) is 18.4. The molecule has 0 unspecified atom stereocenters. The number of aromatic nitrogens is 17. The third-order valence-corrected chi connectivity index (χ3v) is 27.4. The van der Waals surface area contributed by atoms with Gasteiger partial charge in [0.05, 0.1) is 70.7 Å². The summed E-state index contributed by atoms with van der Waals surface area (Å²) in [6.45, 7) is 28.0. The number of rotatable bonds is 27. The van der Waals surface area contributed by atoms with E-state index >= 15 is 0 Å². The fourth-order valence-electron chi connectivity index (χ4n) is 17.8. The lowest BCUT2D eigenvalue weighted by atomic mass is 10.0. The number of likely N-dealkylation sites (N-methyl/N-ethyl adjacent to an activating group) is 4. The topological polar surface area (TPSA) is 353 Å². The predicted molar refractivity (Wildman–Crippen MR) is 525 cm³/mol. The Balaban J connectivity index is 0.000000125. The molecule has 4 aromatic carbocycles. The second-order valence-electron chi connectivity index (χ2n) is 38.4. The van der Waals surface area contributed by atoms with E-state index < -0.39 is 5.54 Å². The third-order valence-electron chi connectivity index (χ3n) is 26.6. The standard InChI is InChI=1S/C27H30N8O.C26H30BrN7O.C25H33N7O.C21H25ClN8O/c1-17(2)22-15-33(3)26(36)35(22)23-9-12-29-25(31-23)32-27(10-11-27)24-21(14-28)34(16-30-24)20-6-4-5-19(13-20)18-7-8-18;1-16(2)20-14-32(3)25(35)34(20)22-9-12-28-24(30-22)31-26(10-11-26)21-15-33(23(27)29-21)19-6-4-5-18(13-19)17-7-8-17;1-16(2)19-7-9-20(10-8-19)31-13-21(27-15-31)18(5)28-24-26-12-11-23(29-24)32-22(17(3)4)14-30(6)25(32)33;1-13(2)17-11-28(4)21(31)30(17)18-9-10-23-20(26-18)25-14(3)19-24-12-29(27-19)16-7-5-15(22)6-8-16/h4-6,9,12-13,16-18,22H,7-8,10-11,15H2,1-3H3,(H,29,31,32);4-6,9,12-13,15-17,20H,7-8,10-11,14H2,1-3H3,(H,28,30,31);7-13,15-18,22H,14H2,1-6H3,(H,26,28,29);5-10,12-14,17H,11H2,1-4H3,(H,23,25,26)/t22-;20-;18-,22+;14-,17+/m1100/s1. The summed E-state index contributed by atoms with van der Waals surface area (Å²) in [6, 6.07) is 42.3. The number of benzene rings is 4. The van der Waals surface area contributed by atoms with Gasteiger partial charge in [-0.2, -0.15) is 25.2 Å². The molecule has 0 bridgehead atoms. The highest BCUT2D eigenvalue weighted by molar-refractivity contribution is 9.10. The number of nitrogens with one attached hydrogen (secondary N) is 4. The second-order valence-corrected chi connectivity index (χ2v) is 39.5. The number of anilines is 8. The first-order valence-corrected chi connectivity index (χ1v) is 47.8. The number of carbonyl (C=O) groups excluding carboxylic acids is 4. The maximum Gasteiger partial charge on any atom is 0.325 e. The number of halogens is 2. The first-order chi connectivity index (χ1) is 64.8. The lowest BCUT2D eigenvalue weighted by molar-refractivity contribution is 0.228. The fraction of sp³-hybridized carbons (Fsp3) is 0.434. The third kappa shape index (κ3) is 20.2. The van der Waals surface area contributed by atoms with E-state index in [1.807, 2.05) is 88.0 Å². The Hall–Kier alpha value is -13.5. The average Bonchev–Trinajstić information content (AvgIpc) is 1.59. The smallest absolute Gasteiger partial charge is 0.325 e. The number of urea groups is 4. The molecule has 135 heavy (non-hydrogen) atoms. The van der Waals surface area contributed by atoms with Crippen molar-refractivity contribution in [1.82, 2.24) is 103 Å². The van der Waals surface area contributed by atoms with Crippen molar-refractivity contribution in [1.29, 1.82) is 5.26 Å². The molecular formula is C99H118BrClN30O4. The van der Waals surface area contributed by atoms with Crippen molar-refractivity contribution in [3.05, 3.63) is 233 Å². The number of nitriles is 1. The van der Waals surface area contributed by atoms with Crippen LogP contribution in [0.4, 0.5) is 66.2 Å². The van der Waals surface area contributed by atoms with Crippen molar-refractivity contribution in [3.8, 4) is 28.8 Å². The Bertz CT molecular complexity index is 6330. The minimum atomic E-state index is -0.494. The molecule has 4 aliphatic heterocycles. The van der Waals surface area contributed by atoms with Gasteiger partial charge in [-0.3, -0.25) is 28.7 Å². The highest BCUT2D eigenvalue weighted by Gasteiger charge is 2.51. The van der Waals surface area contributed by atoms with Crippen molar-refractivity contribution < 1.29 is 19.2 Å². The summed E-state index contributed by atoms with van der Waals surface area (Å²) in [4.78, 5) is 120. The van der Waals surface area contributed by atoms with Crippen LogP contribution in [-0.2, 0) is 11.1 Å². The average molecular weight is 1910 g/mol. The van der Waals surface area contributed by atoms with Crippen molar-refractivity contribution in [2.75, 3.05) is 95.2 Å². The first-order valence-electron chi connectivity index (χ1n) is 46.7. The van der Waals surface area contributed by atoms with Crippen molar-refractivity contribution in [3.63, 3.8) is 0 Å². The summed E-state index contributed by atoms with van der Waals surface area (Å²) in [5, 5.41) is 28.9. The van der Waals surface area contributed by atoms with Crippen LogP contribution < -0.4 is 40.9 Å². The SMILES string of the molecule is CC(C)[C@H]1CN(C)C(=O)N1c1ccnc(NC2(c3cn(-c4cccc(C5CC5)c4)c(Br)n3)CC2)n1.CC(C)[C@H]1CN(C)C(=O)N1c1ccnc(NC2(c3ncn(-c4cccc(C5CC5)c4)c3C#N)CC2)n1.CC(C)[C@H]1CN(C)C(=O)N1c1ccnc(N[C@@H](C)c2ncn(-c3ccc(Cl)cc3)n2)n1.CC(C)c1ccc(-n2cnc([C@H](C)Nc3nccc(N4C(=O)N(C)C[C@@H]4C(C)C)n3)c2)cc1. The Morgan fingerprint density at radius 3 is 1.30 bits per heavy atom. The van der Waals surface area contributed by atoms with E-state index in [4.69, 9.17) is 31.5 Å². The number of hydrogen-bond acceptors (Lipinski definition) is 22. The second kappa shape index (κ2) is 38.8. The molecule has 4 saturated heterocycles. The highest BCUT2D eigenvalue weighted by atomic mass is 79.9. The van der Waals surface area contributed by atoms with Gasteiger partial charge in [0.1, 0.15) is 53.4 Å². The molecule has 8 aromatic heterocycles. The van der Waals surface area contributed by atoms with E-state index in [9.17, 15) is 24.4 Å². The molecule has 702 valence electrons. The van der Waals surface area contributed by atoms with Gasteiger partial charge in [-0.05, 0) is 224 Å². The molecule has 4 N–H and O–H groups in total. The number of carbonyl (C=O) groups is 4. The molecule has 0 spiro atoms. The molecule has 8 fully saturated rings. The molecule has 12 aromatic rings. The summed E-state index contributed by atoms with van der Waals surface area (Å²) in [5.74, 6) is 7.94. The van der Waals surface area contributed by atoms with Crippen LogP contribution in [0.2, 0.25) is 5.02 Å². The number of amides is 8. The molecular weight excluding hydrogens is 1790 g/mol. The van der Waals surface area contributed by atoms with E-state index in [1.165, 1.54) is 42.4 Å². The predicted octanol–water partition coefficient (Wildman–Crippen LogP) is 18.3. The Morgan fingerprint density at radius 2 is 0.867 bits per heavy atom. The first kappa shape index (κ1) is 93.3. The van der Waals surface area contributed by atoms with Crippen LogP contribution in [0.5, 0.6) is 0 Å². The van der Waals surface area contributed by atoms with E-state index in [0.29, 0.717) is 137 Å². The van der Waals surface area contributed by atoms with Gasteiger partial charge in [0.15, 0.2) is 10.6 Å². The Labute approximate surface area is 801 Å². The quantitative estimate of drug-likeness (QED) is 0.0371. The van der Waals surface area contributed by atoms with Crippen LogP contribution in [0.1, 0.15) is 210 Å². The molecule has 4 saturated carbocycles. The zero-order valence-corrected chi connectivity index (χ0v) is 81.6. The molecule has 4 aliphatic carbocycles. The largest absolute Gasteiger partial charge is 0.346 e. The van der Waals surface area contributed by atoms with E-state index in [1.54, 1.807) is 112 Å². The van der Waals surface area contributed by atoms with Gasteiger partial charge in [0, 0.05) is 114 Å². The lowest BCUT2D eigenvalue weighted by Crippen LogP contribution is -2.38. The van der Waals surface area contributed by atoms with Gasteiger partial charge in [-0.15, -0.1) is 5.10 Å². The monoisotopic (exact) mass is 1900 g/mol. The molecule has 34 nitrogen and oxygen atoms in total. The van der Waals surface area contributed by atoms with E-state index in [0.717, 1.165) is 64.6 Å². The van der Waals surface area contributed by atoms with Crippen LogP contribution >= 0.6 is 27.5 Å². The van der Waals surface area contributed by atoms with Crippen molar-refractivity contribution in [2.45, 2.75) is 200 Å². The van der Waals surface area contributed by atoms with Gasteiger partial charge in [0.2, 0.25) is 23.8 Å². The van der Waals surface area contributed by atoms with Crippen LogP contribution in [0.25, 0.3) is 22.7 Å². The molecule has 8 amide bonds. The summed E-state index contributed by atoms with van der Waals surface area (Å²) in [6.07, 6.45) is 24.7. The summed E-state index contributed by atoms with van der Waals surface area (Å²) >= 11 is 9.62. The zero-order valence-electron chi connectivity index (χ0n) is 79.3. The Morgan fingerprint density at radius 1 is 0.444 bits per heavy atom. The van der Waals surface area contributed by atoms with Crippen molar-refractivity contribution in [2.24, 2.45) is 23.7 Å². The van der Waals surface area contributed by atoms with Gasteiger partial charge < -0.3 is 45.4 Å². The van der Waals surface area contributed by atoms with E-state index in [-0.39, 0.29) is 65.9 Å². The molecule has 8 aliphatic rings. The molecule has 20 rings (SSSR count). The summed E-state index contributed by atoms with van der Waals surface area (Å²) < 4.78 is 8.47. The minimum absolute atomic E-state index is 0.0226. The summed E-state index contributed by atoms with van der Waals surface area (Å²) in [7, 11) is 7.29. The highest BCUT2D eigenvalue weighted by Crippen LogP contribution is 2.51. The van der Waals surface area contributed by atoms with Crippen LogP contribution in [-0.4, -0.2) is 206 Å². The van der Waals surface area contributed by atoms with Crippen LogP contribution in [0.15, 0.2) is 182 Å². The maximum atomic E-state index is 12.9. The van der Waals surface area contributed by atoms with Crippen molar-refractivity contribution >= 4 is 98.7 Å². The molecule has 12 heterocycles. The normalized spacial score (nSPS) is 19.2. The molecule has 0 radical (unpaired) electrons. The minimum Gasteiger partial charge on any atom is -0.346 e. The van der Waals surface area contributed by atoms with Gasteiger partial charge in [-0.25, -0.2) is 63.7 Å². The lowest BCUT2D eigenvalue weighted by Gasteiger charge is -2.25. The molecule has 36 heteroatoms. The molecule has 6 atom stereocenters. The van der Waals surface area contributed by atoms with Gasteiger partial charge in [0.25, 0.3) is 0 Å².